The second kappa shape index (κ2) is 8.52. The first-order chi connectivity index (χ1) is 13.5. The number of hydrogen-bond donors (Lipinski definition) is 1. The van der Waals surface area contributed by atoms with Crippen LogP contribution in [0.2, 0.25) is 0 Å². The molecule has 2 heterocycles. The summed E-state index contributed by atoms with van der Waals surface area (Å²) in [5.74, 6) is -0.0961. The Morgan fingerprint density at radius 1 is 1.11 bits per heavy atom. The van der Waals surface area contributed by atoms with E-state index in [1.54, 1.807) is 22.9 Å². The van der Waals surface area contributed by atoms with E-state index in [1.807, 2.05) is 49.5 Å². The first-order valence-corrected chi connectivity index (χ1v) is 9.63. The van der Waals surface area contributed by atoms with Crippen molar-refractivity contribution < 1.29 is 14.7 Å². The highest BCUT2D eigenvalue weighted by Gasteiger charge is 2.50. The smallest absolute Gasteiger partial charge is 0.220 e. The summed E-state index contributed by atoms with van der Waals surface area (Å²) in [7, 11) is 0. The van der Waals surface area contributed by atoms with Gasteiger partial charge >= 0.3 is 0 Å². The Bertz CT molecular complexity index is 823. The van der Waals surface area contributed by atoms with Gasteiger partial charge in [0.15, 0.2) is 0 Å². The zero-order valence-corrected chi connectivity index (χ0v) is 16.6. The monoisotopic (exact) mass is 381 g/mol. The average molecular weight is 381 g/mol. The Morgan fingerprint density at radius 3 is 2.32 bits per heavy atom. The molecule has 28 heavy (non-hydrogen) atoms. The van der Waals surface area contributed by atoms with Crippen LogP contribution in [-0.2, 0) is 9.59 Å². The number of aliphatic hydroxyl groups excluding tert-OH is 1. The van der Waals surface area contributed by atoms with Crippen LogP contribution >= 0.6 is 0 Å². The highest BCUT2D eigenvalue weighted by molar-refractivity contribution is 5.77. The molecule has 1 aliphatic heterocycles. The van der Waals surface area contributed by atoms with Crippen molar-refractivity contribution in [2.24, 2.45) is 0 Å². The van der Waals surface area contributed by atoms with Crippen LogP contribution in [0.4, 0.5) is 0 Å². The van der Waals surface area contributed by atoms with Crippen LogP contribution in [0.3, 0.4) is 0 Å². The molecule has 6 heteroatoms. The first-order valence-electron chi connectivity index (χ1n) is 9.63. The molecule has 1 aromatic heterocycles. The Balaban J connectivity index is 1.88. The summed E-state index contributed by atoms with van der Waals surface area (Å²) in [6, 6.07) is 11.7. The maximum absolute atomic E-state index is 12.2. The molecule has 3 rings (SSSR count). The van der Waals surface area contributed by atoms with Gasteiger partial charge in [0.25, 0.3) is 0 Å². The van der Waals surface area contributed by atoms with Crippen LogP contribution in [0.1, 0.15) is 32.3 Å². The number of amides is 2. The fourth-order valence-corrected chi connectivity index (χ4v) is 4.20. The van der Waals surface area contributed by atoms with E-state index in [0.717, 1.165) is 16.7 Å². The van der Waals surface area contributed by atoms with Crippen LogP contribution in [-0.4, -0.2) is 63.5 Å². The molecule has 148 valence electrons. The van der Waals surface area contributed by atoms with E-state index in [2.05, 4.69) is 4.98 Å². The maximum atomic E-state index is 12.2. The number of aromatic nitrogens is 1. The molecule has 1 N–H and O–H groups in total. The lowest BCUT2D eigenvalue weighted by Crippen LogP contribution is -2.68. The van der Waals surface area contributed by atoms with Crippen molar-refractivity contribution in [3.8, 4) is 11.1 Å². The van der Waals surface area contributed by atoms with Crippen molar-refractivity contribution in [1.82, 2.24) is 14.8 Å². The second-order valence-electron chi connectivity index (χ2n) is 7.19. The Kier molecular flexibility index (Phi) is 6.09. The summed E-state index contributed by atoms with van der Waals surface area (Å²) >= 11 is 0. The number of pyridine rings is 1. The minimum absolute atomic E-state index is 0.00903. The highest BCUT2D eigenvalue weighted by Crippen LogP contribution is 2.41. The van der Waals surface area contributed by atoms with E-state index in [1.165, 1.54) is 6.92 Å². The molecule has 0 radical (unpaired) electrons. The number of carbonyl (C=O) groups is 2. The average Bonchev–Trinajstić information content (AvgIpc) is 2.68. The molecule has 1 aliphatic rings. The summed E-state index contributed by atoms with van der Waals surface area (Å²) in [5, 5.41) is 9.91. The molecular weight excluding hydrogens is 354 g/mol. The van der Waals surface area contributed by atoms with E-state index < -0.39 is 0 Å². The van der Waals surface area contributed by atoms with Gasteiger partial charge < -0.3 is 14.9 Å². The molecule has 1 saturated heterocycles. The van der Waals surface area contributed by atoms with Crippen molar-refractivity contribution in [3.63, 3.8) is 0 Å². The zero-order chi connectivity index (χ0) is 20.3. The normalized spacial score (nSPS) is 21.1. The molecule has 3 atom stereocenters. The molecule has 0 saturated carbocycles. The molecule has 2 amide bonds. The SMILES string of the molecule is CCN(C[C@H]1[C@H](c2ccc(-c3cccnc3)cc2)[C@@H](CO)N1C(C)=O)C(C)=O. The second-order valence-corrected chi connectivity index (χ2v) is 7.19. The number of carbonyl (C=O) groups excluding carboxylic acids is 2. The number of likely N-dealkylation sites (N-methyl/N-ethyl adjacent to an activating group) is 1. The Hall–Kier alpha value is -2.73. The number of benzene rings is 1. The van der Waals surface area contributed by atoms with Gasteiger partial charge in [-0.2, -0.15) is 0 Å². The van der Waals surface area contributed by atoms with Crippen molar-refractivity contribution >= 4 is 11.8 Å². The molecule has 6 nitrogen and oxygen atoms in total. The largest absolute Gasteiger partial charge is 0.394 e. The van der Waals surface area contributed by atoms with Gasteiger partial charge in [0.1, 0.15) is 0 Å². The predicted molar refractivity (Wildman–Crippen MR) is 108 cm³/mol. The van der Waals surface area contributed by atoms with E-state index in [9.17, 15) is 14.7 Å². The highest BCUT2D eigenvalue weighted by atomic mass is 16.3. The minimum Gasteiger partial charge on any atom is -0.394 e. The Morgan fingerprint density at radius 2 is 1.82 bits per heavy atom. The summed E-state index contributed by atoms with van der Waals surface area (Å²) < 4.78 is 0. The van der Waals surface area contributed by atoms with Gasteiger partial charge in [-0.3, -0.25) is 14.6 Å². The van der Waals surface area contributed by atoms with E-state index in [4.69, 9.17) is 0 Å². The third kappa shape index (κ3) is 3.78. The summed E-state index contributed by atoms with van der Waals surface area (Å²) in [4.78, 5) is 31.7. The van der Waals surface area contributed by atoms with Crippen molar-refractivity contribution in [2.75, 3.05) is 19.7 Å². The topological polar surface area (TPSA) is 73.7 Å². The van der Waals surface area contributed by atoms with Crippen LogP contribution in [0.25, 0.3) is 11.1 Å². The maximum Gasteiger partial charge on any atom is 0.220 e. The number of hydrogen-bond acceptors (Lipinski definition) is 4. The van der Waals surface area contributed by atoms with Gasteiger partial charge in [0, 0.05) is 45.2 Å². The number of rotatable bonds is 6. The fraction of sp³-hybridized carbons (Fsp3) is 0.409. The van der Waals surface area contributed by atoms with E-state index in [-0.39, 0.29) is 36.4 Å². The molecular formula is C22H27N3O3. The Labute approximate surface area is 165 Å². The summed E-state index contributed by atoms with van der Waals surface area (Å²) in [6.45, 7) is 5.95. The molecule has 1 fully saturated rings. The molecule has 1 aromatic carbocycles. The minimum atomic E-state index is -0.266. The van der Waals surface area contributed by atoms with Gasteiger partial charge in [-0.05, 0) is 29.7 Å². The van der Waals surface area contributed by atoms with Crippen LogP contribution in [0.15, 0.2) is 48.8 Å². The zero-order valence-electron chi connectivity index (χ0n) is 16.6. The summed E-state index contributed by atoms with van der Waals surface area (Å²) in [6.07, 6.45) is 3.56. The van der Waals surface area contributed by atoms with Crippen molar-refractivity contribution in [2.45, 2.75) is 38.8 Å². The van der Waals surface area contributed by atoms with Crippen LogP contribution < -0.4 is 0 Å². The standard InChI is InChI=1S/C22H27N3O3/c1-4-24(15(2)27)13-20-22(21(14-26)25(20)16(3)28)18-9-7-17(8-10-18)19-6-5-11-23-12-19/h5-12,20-22,26H,4,13-14H2,1-3H3/t20-,21+,22-/m0/s1. The number of aliphatic hydroxyl groups is 1. The third-order valence-corrected chi connectivity index (χ3v) is 5.62. The van der Waals surface area contributed by atoms with Crippen molar-refractivity contribution in [1.29, 1.82) is 0 Å². The molecule has 0 unspecified atom stereocenters. The van der Waals surface area contributed by atoms with Crippen LogP contribution in [0, 0.1) is 0 Å². The molecule has 2 aromatic rings. The van der Waals surface area contributed by atoms with Crippen LogP contribution in [0.5, 0.6) is 0 Å². The molecule has 0 bridgehead atoms. The van der Waals surface area contributed by atoms with Gasteiger partial charge in [-0.15, -0.1) is 0 Å². The molecule has 0 aliphatic carbocycles. The number of likely N-dealkylation sites (tertiary alicyclic amines) is 1. The third-order valence-electron chi connectivity index (χ3n) is 5.62. The lowest BCUT2D eigenvalue weighted by molar-refractivity contribution is -0.152. The van der Waals surface area contributed by atoms with E-state index >= 15 is 0 Å². The lowest BCUT2D eigenvalue weighted by Gasteiger charge is -2.55. The predicted octanol–water partition coefficient (Wildman–Crippen LogP) is 2.29. The van der Waals surface area contributed by atoms with Gasteiger partial charge in [-0.1, -0.05) is 30.3 Å². The lowest BCUT2D eigenvalue weighted by atomic mass is 9.74. The fourth-order valence-electron chi connectivity index (χ4n) is 4.20. The van der Waals surface area contributed by atoms with E-state index in [0.29, 0.717) is 13.1 Å². The number of nitrogens with zero attached hydrogens (tertiary/aromatic N) is 3. The van der Waals surface area contributed by atoms with Gasteiger partial charge in [0.05, 0.1) is 18.7 Å². The summed E-state index contributed by atoms with van der Waals surface area (Å²) in [5.41, 5.74) is 3.17. The van der Waals surface area contributed by atoms with Gasteiger partial charge in [0.2, 0.25) is 11.8 Å². The first kappa shape index (κ1) is 20.0. The van der Waals surface area contributed by atoms with Crippen molar-refractivity contribution in [3.05, 3.63) is 54.4 Å². The van der Waals surface area contributed by atoms with Gasteiger partial charge in [-0.25, -0.2) is 0 Å². The molecule has 0 spiro atoms. The quantitative estimate of drug-likeness (QED) is 0.833.